The third-order valence-electron chi connectivity index (χ3n) is 4.80. The van der Waals surface area contributed by atoms with E-state index in [-0.39, 0.29) is 17.5 Å². The summed E-state index contributed by atoms with van der Waals surface area (Å²) in [6, 6.07) is 1.97. The van der Waals surface area contributed by atoms with E-state index in [1.54, 1.807) is 6.20 Å². The highest BCUT2D eigenvalue weighted by Gasteiger charge is 2.33. The van der Waals surface area contributed by atoms with Crippen molar-refractivity contribution in [3.63, 3.8) is 0 Å². The molecule has 0 spiro atoms. The third-order valence-corrected chi connectivity index (χ3v) is 6.56. The van der Waals surface area contributed by atoms with E-state index in [2.05, 4.69) is 9.88 Å². The topological polar surface area (TPSA) is 66.4 Å². The minimum absolute atomic E-state index is 0.00406. The highest BCUT2D eigenvalue weighted by molar-refractivity contribution is 7.91. The number of nitrogens with zero attached hydrogens (tertiary/aromatic N) is 4. The van der Waals surface area contributed by atoms with Crippen LogP contribution in [0.1, 0.15) is 39.0 Å². The molecule has 23 heavy (non-hydrogen) atoms. The molecule has 3 heterocycles. The summed E-state index contributed by atoms with van der Waals surface area (Å²) >= 11 is 0. The summed E-state index contributed by atoms with van der Waals surface area (Å²) in [5, 5.41) is 0. The lowest BCUT2D eigenvalue weighted by molar-refractivity contribution is 0.599. The summed E-state index contributed by atoms with van der Waals surface area (Å²) in [7, 11) is -2.90. The number of hydrogen-bond donors (Lipinski definition) is 0. The van der Waals surface area contributed by atoms with Crippen molar-refractivity contribution in [3.8, 4) is 0 Å². The number of hydrogen-bond acceptors (Lipinski definition) is 6. The van der Waals surface area contributed by atoms with Gasteiger partial charge in [-0.15, -0.1) is 0 Å². The van der Waals surface area contributed by atoms with E-state index in [9.17, 15) is 8.42 Å². The summed E-state index contributed by atoms with van der Waals surface area (Å²) in [6.07, 6.45) is 7.46. The zero-order valence-electron chi connectivity index (χ0n) is 13.8. The van der Waals surface area contributed by atoms with Crippen molar-refractivity contribution in [1.82, 2.24) is 9.97 Å². The molecule has 0 saturated carbocycles. The van der Waals surface area contributed by atoms with Crippen molar-refractivity contribution in [2.75, 3.05) is 40.9 Å². The van der Waals surface area contributed by atoms with Gasteiger partial charge >= 0.3 is 0 Å². The zero-order valence-corrected chi connectivity index (χ0v) is 14.6. The Labute approximate surface area is 138 Å². The normalized spacial score (nSPS) is 24.4. The van der Waals surface area contributed by atoms with Crippen LogP contribution in [0.4, 0.5) is 11.8 Å². The molecule has 1 aromatic heterocycles. The van der Waals surface area contributed by atoms with E-state index >= 15 is 0 Å². The van der Waals surface area contributed by atoms with Gasteiger partial charge in [-0.05, 0) is 32.3 Å². The Balaban J connectivity index is 1.80. The van der Waals surface area contributed by atoms with Gasteiger partial charge in [0.15, 0.2) is 9.84 Å². The molecular formula is C16H26N4O2S. The zero-order chi connectivity index (χ0) is 16.3. The Morgan fingerprint density at radius 1 is 1.26 bits per heavy atom. The highest BCUT2D eigenvalue weighted by atomic mass is 32.2. The van der Waals surface area contributed by atoms with Crippen LogP contribution in [0.2, 0.25) is 0 Å². The monoisotopic (exact) mass is 338 g/mol. The van der Waals surface area contributed by atoms with Crippen molar-refractivity contribution >= 4 is 21.6 Å². The smallest absolute Gasteiger partial charge is 0.227 e. The maximum atomic E-state index is 11.8. The molecule has 0 amide bonds. The van der Waals surface area contributed by atoms with E-state index in [0.29, 0.717) is 12.4 Å². The summed E-state index contributed by atoms with van der Waals surface area (Å²) in [5.41, 5.74) is 0. The fourth-order valence-corrected chi connectivity index (χ4v) is 5.27. The van der Waals surface area contributed by atoms with Crippen LogP contribution in [-0.4, -0.2) is 55.6 Å². The maximum Gasteiger partial charge on any atom is 0.227 e. The quantitative estimate of drug-likeness (QED) is 0.835. The van der Waals surface area contributed by atoms with Gasteiger partial charge in [-0.3, -0.25) is 0 Å². The van der Waals surface area contributed by atoms with Crippen LogP contribution in [0, 0.1) is 0 Å². The molecule has 0 radical (unpaired) electrons. The predicted molar refractivity (Wildman–Crippen MR) is 92.8 cm³/mol. The lowest BCUT2D eigenvalue weighted by atomic mass is 10.2. The van der Waals surface area contributed by atoms with Crippen LogP contribution in [-0.2, 0) is 9.84 Å². The van der Waals surface area contributed by atoms with Gasteiger partial charge in [0.05, 0.1) is 11.5 Å². The fraction of sp³-hybridized carbons (Fsp3) is 0.750. The van der Waals surface area contributed by atoms with Crippen molar-refractivity contribution in [1.29, 1.82) is 0 Å². The molecule has 128 valence electrons. The number of aromatic nitrogens is 2. The van der Waals surface area contributed by atoms with Crippen molar-refractivity contribution < 1.29 is 8.42 Å². The Morgan fingerprint density at radius 3 is 2.61 bits per heavy atom. The predicted octanol–water partition coefficient (Wildman–Crippen LogP) is 1.87. The average molecular weight is 338 g/mol. The molecule has 0 aliphatic carbocycles. The first-order chi connectivity index (χ1) is 11.1. The van der Waals surface area contributed by atoms with Gasteiger partial charge in [0.1, 0.15) is 5.82 Å². The Bertz CT molecular complexity index is 627. The summed E-state index contributed by atoms with van der Waals surface area (Å²) in [4.78, 5) is 13.5. The van der Waals surface area contributed by atoms with Crippen LogP contribution in [0.25, 0.3) is 0 Å². The molecule has 2 aliphatic heterocycles. The largest absolute Gasteiger partial charge is 0.356 e. The third kappa shape index (κ3) is 3.94. The lowest BCUT2D eigenvalue weighted by Crippen LogP contribution is -2.37. The average Bonchev–Trinajstić information content (AvgIpc) is 2.76. The summed E-state index contributed by atoms with van der Waals surface area (Å²) in [6.45, 7) is 4.84. The highest BCUT2D eigenvalue weighted by Crippen LogP contribution is 2.24. The molecule has 0 aromatic carbocycles. The van der Waals surface area contributed by atoms with E-state index < -0.39 is 9.84 Å². The van der Waals surface area contributed by atoms with Crippen LogP contribution in [0.3, 0.4) is 0 Å². The standard InChI is InChI=1S/C16H26N4O2S/c1-2-20(14-8-12-23(21,22)13-14)16-17-9-7-15(18-16)19-10-5-3-4-6-11-19/h7,9,14H,2-6,8,10-13H2,1H3. The Morgan fingerprint density at radius 2 is 2.00 bits per heavy atom. The Kier molecular flexibility index (Phi) is 5.04. The summed E-state index contributed by atoms with van der Waals surface area (Å²) in [5.74, 6) is 2.13. The maximum absolute atomic E-state index is 11.8. The fourth-order valence-electron chi connectivity index (χ4n) is 3.54. The van der Waals surface area contributed by atoms with E-state index in [1.807, 2.05) is 17.9 Å². The van der Waals surface area contributed by atoms with Crippen LogP contribution >= 0.6 is 0 Å². The molecule has 1 unspecified atom stereocenters. The second kappa shape index (κ2) is 7.03. The van der Waals surface area contributed by atoms with Gasteiger partial charge in [0, 0.05) is 31.9 Å². The van der Waals surface area contributed by atoms with Gasteiger partial charge in [-0.2, -0.15) is 4.98 Å². The number of rotatable bonds is 4. The molecule has 2 aliphatic rings. The number of anilines is 2. The molecular weight excluding hydrogens is 312 g/mol. The van der Waals surface area contributed by atoms with E-state index in [4.69, 9.17) is 4.98 Å². The molecule has 2 saturated heterocycles. The molecule has 1 aromatic rings. The van der Waals surface area contributed by atoms with Crippen molar-refractivity contribution in [3.05, 3.63) is 12.3 Å². The van der Waals surface area contributed by atoms with Crippen molar-refractivity contribution in [2.24, 2.45) is 0 Å². The van der Waals surface area contributed by atoms with Gasteiger partial charge in [-0.25, -0.2) is 13.4 Å². The first kappa shape index (κ1) is 16.5. The molecule has 1 atom stereocenters. The van der Waals surface area contributed by atoms with E-state index in [0.717, 1.165) is 25.5 Å². The first-order valence-electron chi connectivity index (χ1n) is 8.64. The van der Waals surface area contributed by atoms with E-state index in [1.165, 1.54) is 25.7 Å². The van der Waals surface area contributed by atoms with Gasteiger partial charge in [-0.1, -0.05) is 12.8 Å². The molecule has 3 rings (SSSR count). The summed E-state index contributed by atoms with van der Waals surface area (Å²) < 4.78 is 23.5. The van der Waals surface area contributed by atoms with Gasteiger partial charge < -0.3 is 9.80 Å². The minimum atomic E-state index is -2.90. The first-order valence-corrected chi connectivity index (χ1v) is 10.5. The molecule has 2 fully saturated rings. The van der Waals surface area contributed by atoms with Crippen LogP contribution in [0.15, 0.2) is 12.3 Å². The van der Waals surface area contributed by atoms with Crippen molar-refractivity contribution in [2.45, 2.75) is 45.1 Å². The van der Waals surface area contributed by atoms with Gasteiger partial charge in [0.25, 0.3) is 0 Å². The molecule has 7 heteroatoms. The second-order valence-electron chi connectivity index (χ2n) is 6.46. The molecule has 6 nitrogen and oxygen atoms in total. The van der Waals surface area contributed by atoms with Crippen LogP contribution in [0.5, 0.6) is 0 Å². The SMILES string of the molecule is CCN(c1nccc(N2CCCCCC2)n1)C1CCS(=O)(=O)C1. The number of sulfone groups is 1. The molecule has 0 bridgehead atoms. The lowest BCUT2D eigenvalue weighted by Gasteiger charge is -2.28. The Hall–Kier alpha value is -1.37. The minimum Gasteiger partial charge on any atom is -0.356 e. The molecule has 0 N–H and O–H groups in total. The van der Waals surface area contributed by atoms with Crippen LogP contribution < -0.4 is 9.80 Å². The van der Waals surface area contributed by atoms with Gasteiger partial charge in [0.2, 0.25) is 5.95 Å². The second-order valence-corrected chi connectivity index (χ2v) is 8.69.